The number of thiazole rings is 1. The quantitative estimate of drug-likeness (QED) is 0.717. The van der Waals surface area contributed by atoms with Gasteiger partial charge in [0.05, 0.1) is 10.6 Å². The predicted octanol–water partition coefficient (Wildman–Crippen LogP) is 3.57. The predicted molar refractivity (Wildman–Crippen MR) is 82.0 cm³/mol. The number of aliphatic hydroxyl groups is 2. The van der Waals surface area contributed by atoms with Gasteiger partial charge in [0.25, 0.3) is 0 Å². The smallest absolute Gasteiger partial charge is 0.124 e. The van der Waals surface area contributed by atoms with Crippen LogP contribution in [0.5, 0.6) is 0 Å². The molecule has 1 heterocycles. The van der Waals surface area contributed by atoms with Gasteiger partial charge in [-0.05, 0) is 47.5 Å². The summed E-state index contributed by atoms with van der Waals surface area (Å²) in [6, 6.07) is 9.75. The number of hydrogen-bond acceptors (Lipinski definition) is 4. The number of fused-ring (bicyclic) bond motifs is 2. The van der Waals surface area contributed by atoms with Crippen molar-refractivity contribution in [2.75, 3.05) is 0 Å². The normalized spacial score (nSPS) is 19.3. The van der Waals surface area contributed by atoms with E-state index in [9.17, 15) is 19.0 Å². The molecule has 0 spiro atoms. The van der Waals surface area contributed by atoms with E-state index in [1.807, 2.05) is 0 Å². The highest BCUT2D eigenvalue weighted by molar-refractivity contribution is 7.15. The zero-order valence-corrected chi connectivity index (χ0v) is 12.5. The van der Waals surface area contributed by atoms with Crippen molar-refractivity contribution in [3.8, 4) is 10.6 Å². The Labute approximate surface area is 134 Å². The van der Waals surface area contributed by atoms with E-state index in [0.29, 0.717) is 32.3 Å². The molecule has 1 aliphatic rings. The minimum Gasteiger partial charge on any atom is -0.383 e. The van der Waals surface area contributed by atoms with Gasteiger partial charge in [0.15, 0.2) is 0 Å². The Bertz CT molecular complexity index is 892. The van der Waals surface area contributed by atoms with Crippen molar-refractivity contribution in [2.45, 2.75) is 12.2 Å². The largest absolute Gasteiger partial charge is 0.383 e. The molecular weight excluding hydrogens is 320 g/mol. The van der Waals surface area contributed by atoms with Crippen LogP contribution in [0.4, 0.5) is 8.78 Å². The van der Waals surface area contributed by atoms with Crippen molar-refractivity contribution in [1.82, 2.24) is 4.98 Å². The molecule has 0 fully saturated rings. The second-order valence-corrected chi connectivity index (χ2v) is 6.38. The van der Waals surface area contributed by atoms with Crippen molar-refractivity contribution >= 4 is 11.3 Å². The third kappa shape index (κ3) is 2.26. The lowest BCUT2D eigenvalue weighted by Crippen LogP contribution is -2.16. The van der Waals surface area contributed by atoms with Crippen molar-refractivity contribution < 1.29 is 19.0 Å². The highest BCUT2D eigenvalue weighted by atomic mass is 32.1. The van der Waals surface area contributed by atoms with Crippen molar-refractivity contribution in [2.24, 2.45) is 0 Å². The molecule has 2 aromatic carbocycles. The summed E-state index contributed by atoms with van der Waals surface area (Å²) in [7, 11) is 0. The summed E-state index contributed by atoms with van der Waals surface area (Å²) in [5, 5.41) is 21.5. The van der Waals surface area contributed by atoms with E-state index in [0.717, 1.165) is 0 Å². The van der Waals surface area contributed by atoms with E-state index in [-0.39, 0.29) is 5.82 Å². The van der Waals surface area contributed by atoms with Crippen LogP contribution in [-0.4, -0.2) is 15.2 Å². The molecule has 0 amide bonds. The maximum Gasteiger partial charge on any atom is 0.124 e. The van der Waals surface area contributed by atoms with Crippen LogP contribution in [0.15, 0.2) is 42.5 Å². The van der Waals surface area contributed by atoms with Gasteiger partial charge in [0, 0.05) is 5.56 Å². The maximum atomic E-state index is 13.4. The van der Waals surface area contributed by atoms with Gasteiger partial charge in [-0.2, -0.15) is 0 Å². The molecule has 0 saturated heterocycles. The summed E-state index contributed by atoms with van der Waals surface area (Å²) >= 11 is 1.21. The SMILES string of the molecule is OC1c2ccc(F)cc2C(O)c2sc(-c3ccc(F)cc3)nc21. The van der Waals surface area contributed by atoms with E-state index in [4.69, 9.17) is 0 Å². The van der Waals surface area contributed by atoms with Gasteiger partial charge < -0.3 is 10.2 Å². The monoisotopic (exact) mass is 331 g/mol. The first-order valence-corrected chi connectivity index (χ1v) is 7.78. The lowest BCUT2D eigenvalue weighted by molar-refractivity contribution is 0.173. The molecule has 3 nitrogen and oxygen atoms in total. The minimum absolute atomic E-state index is 0.347. The number of rotatable bonds is 1. The van der Waals surface area contributed by atoms with Gasteiger partial charge in [-0.1, -0.05) is 6.07 Å². The van der Waals surface area contributed by atoms with Crippen LogP contribution in [-0.2, 0) is 0 Å². The van der Waals surface area contributed by atoms with Crippen LogP contribution in [0, 0.1) is 11.6 Å². The average molecular weight is 331 g/mol. The fourth-order valence-corrected chi connectivity index (χ4v) is 3.88. The Kier molecular flexibility index (Phi) is 3.26. The van der Waals surface area contributed by atoms with Crippen LogP contribution >= 0.6 is 11.3 Å². The summed E-state index contributed by atoms with van der Waals surface area (Å²) in [6.45, 7) is 0. The molecule has 2 N–H and O–H groups in total. The van der Waals surface area contributed by atoms with Crippen molar-refractivity contribution in [1.29, 1.82) is 0 Å². The molecule has 6 heteroatoms. The molecule has 0 radical (unpaired) electrons. The zero-order chi connectivity index (χ0) is 16.1. The molecule has 0 bridgehead atoms. The Hall–Kier alpha value is -2.15. The van der Waals surface area contributed by atoms with E-state index in [1.54, 1.807) is 12.1 Å². The topological polar surface area (TPSA) is 53.4 Å². The third-order valence-electron chi connectivity index (χ3n) is 3.92. The van der Waals surface area contributed by atoms with Gasteiger partial charge in [-0.15, -0.1) is 11.3 Å². The second-order valence-electron chi connectivity index (χ2n) is 5.35. The Morgan fingerprint density at radius 3 is 2.30 bits per heavy atom. The van der Waals surface area contributed by atoms with Crippen LogP contribution in [0.2, 0.25) is 0 Å². The van der Waals surface area contributed by atoms with Crippen LogP contribution in [0.25, 0.3) is 10.6 Å². The van der Waals surface area contributed by atoms with Crippen molar-refractivity contribution in [3.63, 3.8) is 0 Å². The Balaban J connectivity index is 1.84. The molecule has 116 valence electrons. The van der Waals surface area contributed by atoms with Crippen LogP contribution < -0.4 is 0 Å². The summed E-state index contributed by atoms with van der Waals surface area (Å²) < 4.78 is 26.5. The molecule has 3 aromatic rings. The highest BCUT2D eigenvalue weighted by Gasteiger charge is 2.34. The summed E-state index contributed by atoms with van der Waals surface area (Å²) in [5.74, 6) is -0.820. The summed E-state index contributed by atoms with van der Waals surface area (Å²) in [5.41, 5.74) is 1.85. The first kappa shape index (κ1) is 14.4. The van der Waals surface area contributed by atoms with Gasteiger partial charge in [0.2, 0.25) is 0 Å². The molecule has 23 heavy (non-hydrogen) atoms. The number of halogens is 2. The number of aromatic nitrogens is 1. The molecule has 0 aliphatic heterocycles. The van der Waals surface area contributed by atoms with E-state index >= 15 is 0 Å². The number of nitrogens with zero attached hydrogens (tertiary/aromatic N) is 1. The molecule has 0 saturated carbocycles. The van der Waals surface area contributed by atoms with Crippen LogP contribution in [0.3, 0.4) is 0 Å². The zero-order valence-electron chi connectivity index (χ0n) is 11.7. The van der Waals surface area contributed by atoms with E-state index in [1.165, 1.54) is 41.7 Å². The number of aliphatic hydroxyl groups excluding tert-OH is 2. The third-order valence-corrected chi connectivity index (χ3v) is 5.09. The van der Waals surface area contributed by atoms with Gasteiger partial charge >= 0.3 is 0 Å². The van der Waals surface area contributed by atoms with E-state index in [2.05, 4.69) is 4.98 Å². The molecule has 2 unspecified atom stereocenters. The van der Waals surface area contributed by atoms with Gasteiger partial charge in [0.1, 0.15) is 28.8 Å². The first-order chi connectivity index (χ1) is 11.0. The summed E-state index contributed by atoms with van der Waals surface area (Å²) in [4.78, 5) is 4.88. The molecule has 4 rings (SSSR count). The minimum atomic E-state index is -1.04. The standard InChI is InChI=1S/C17H11F2NO2S/c18-9-3-1-8(2-4-9)17-20-13-14(21)11-6-5-10(19)7-12(11)15(22)16(13)23-17/h1-7,14-15,21-22H. The van der Waals surface area contributed by atoms with Gasteiger partial charge in [-0.25, -0.2) is 13.8 Å². The number of benzene rings is 2. The molecule has 1 aromatic heterocycles. The number of hydrogen-bond donors (Lipinski definition) is 2. The fourth-order valence-electron chi connectivity index (χ4n) is 2.77. The maximum absolute atomic E-state index is 13.4. The lowest BCUT2D eigenvalue weighted by atomic mass is 9.89. The summed E-state index contributed by atoms with van der Waals surface area (Å²) in [6.07, 6.45) is -2.06. The first-order valence-electron chi connectivity index (χ1n) is 6.96. The Morgan fingerprint density at radius 1 is 0.870 bits per heavy atom. The van der Waals surface area contributed by atoms with Gasteiger partial charge in [-0.3, -0.25) is 0 Å². The van der Waals surface area contributed by atoms with E-state index < -0.39 is 18.0 Å². The lowest BCUT2D eigenvalue weighted by Gasteiger charge is -2.24. The fraction of sp³-hybridized carbons (Fsp3) is 0.118. The molecular formula is C17H11F2NO2S. The van der Waals surface area contributed by atoms with Crippen LogP contribution in [0.1, 0.15) is 33.9 Å². The highest BCUT2D eigenvalue weighted by Crippen LogP contribution is 2.45. The molecule has 2 atom stereocenters. The van der Waals surface area contributed by atoms with Crippen molar-refractivity contribution in [3.05, 3.63) is 75.8 Å². The average Bonchev–Trinajstić information content (AvgIpc) is 2.99. The second kappa shape index (κ2) is 5.19. The molecule has 1 aliphatic carbocycles. The Morgan fingerprint density at radius 2 is 1.57 bits per heavy atom.